The molecule has 0 amide bonds. The molecule has 0 saturated carbocycles. The number of rotatable bonds is 3. The lowest BCUT2D eigenvalue weighted by Crippen LogP contribution is -2.01. The molecule has 0 aliphatic rings. The first kappa shape index (κ1) is 12.2. The van der Waals surface area contributed by atoms with Crippen molar-refractivity contribution in [1.82, 2.24) is 9.78 Å². The van der Waals surface area contributed by atoms with Crippen LogP contribution >= 0.6 is 15.9 Å². The van der Waals surface area contributed by atoms with Crippen LogP contribution in [0.1, 0.15) is 16.7 Å². The topological polar surface area (TPSA) is 29.9 Å². The van der Waals surface area contributed by atoms with E-state index in [1.807, 2.05) is 24.1 Å². The molecule has 1 N–H and O–H groups in total. The van der Waals surface area contributed by atoms with Crippen molar-refractivity contribution in [2.45, 2.75) is 20.4 Å². The largest absolute Gasteiger partial charge is 0.380 e. The third-order valence-corrected chi connectivity index (χ3v) is 3.28. The van der Waals surface area contributed by atoms with E-state index in [9.17, 15) is 0 Å². The molecule has 0 radical (unpaired) electrons. The molecule has 0 bridgehead atoms. The highest BCUT2D eigenvalue weighted by atomic mass is 79.9. The summed E-state index contributed by atoms with van der Waals surface area (Å²) in [6.07, 6.45) is 3.90. The Hall–Kier alpha value is -1.29. The van der Waals surface area contributed by atoms with Crippen molar-refractivity contribution in [1.29, 1.82) is 0 Å². The monoisotopic (exact) mass is 293 g/mol. The first-order valence-electron chi connectivity index (χ1n) is 5.54. The lowest BCUT2D eigenvalue weighted by molar-refractivity contribution is 0.767. The van der Waals surface area contributed by atoms with Crippen LogP contribution in [0.15, 0.2) is 29.0 Å². The van der Waals surface area contributed by atoms with Crippen LogP contribution in [0.3, 0.4) is 0 Å². The van der Waals surface area contributed by atoms with Crippen LogP contribution < -0.4 is 5.32 Å². The standard InChI is InChI=1S/C13H16BrN3/c1-9-4-10(2)13(12(14)5-9)15-6-11-7-16-17(3)8-11/h4-5,7-8,15H,6H2,1-3H3. The van der Waals surface area contributed by atoms with Crippen LogP contribution in [0.2, 0.25) is 0 Å². The van der Waals surface area contributed by atoms with Crippen molar-refractivity contribution >= 4 is 21.6 Å². The molecule has 0 saturated heterocycles. The molecule has 0 atom stereocenters. The number of nitrogens with one attached hydrogen (secondary N) is 1. The van der Waals surface area contributed by atoms with Gasteiger partial charge < -0.3 is 5.32 Å². The Labute approximate surface area is 110 Å². The van der Waals surface area contributed by atoms with Crippen LogP contribution in [-0.2, 0) is 13.6 Å². The molecule has 0 aliphatic carbocycles. The quantitative estimate of drug-likeness (QED) is 0.940. The Morgan fingerprint density at radius 2 is 2.12 bits per heavy atom. The van der Waals surface area contributed by atoms with Crippen molar-refractivity contribution < 1.29 is 0 Å². The lowest BCUT2D eigenvalue weighted by Gasteiger charge is -2.12. The van der Waals surface area contributed by atoms with Crippen molar-refractivity contribution in [3.63, 3.8) is 0 Å². The van der Waals surface area contributed by atoms with Crippen molar-refractivity contribution in [3.05, 3.63) is 45.7 Å². The van der Waals surface area contributed by atoms with E-state index >= 15 is 0 Å². The minimum absolute atomic E-state index is 0.788. The number of halogens is 1. The highest BCUT2D eigenvalue weighted by Gasteiger charge is 2.05. The highest BCUT2D eigenvalue weighted by molar-refractivity contribution is 9.10. The SMILES string of the molecule is Cc1cc(C)c(NCc2cnn(C)c2)c(Br)c1. The minimum Gasteiger partial charge on any atom is -0.380 e. The second-order valence-corrected chi connectivity index (χ2v) is 5.17. The van der Waals surface area contributed by atoms with Gasteiger partial charge in [-0.25, -0.2) is 0 Å². The first-order valence-corrected chi connectivity index (χ1v) is 6.33. The van der Waals surface area contributed by atoms with Gasteiger partial charge in [0.05, 0.1) is 11.9 Å². The second-order valence-electron chi connectivity index (χ2n) is 4.31. The number of aromatic nitrogens is 2. The van der Waals surface area contributed by atoms with Crippen molar-refractivity contribution in [2.75, 3.05) is 5.32 Å². The fraction of sp³-hybridized carbons (Fsp3) is 0.308. The van der Waals surface area contributed by atoms with Gasteiger partial charge in [0.15, 0.2) is 0 Å². The highest BCUT2D eigenvalue weighted by Crippen LogP contribution is 2.28. The van der Waals surface area contributed by atoms with Gasteiger partial charge in [0.1, 0.15) is 0 Å². The van der Waals surface area contributed by atoms with E-state index in [-0.39, 0.29) is 0 Å². The molecule has 1 heterocycles. The zero-order valence-corrected chi connectivity index (χ0v) is 11.9. The summed E-state index contributed by atoms with van der Waals surface area (Å²) in [5.74, 6) is 0. The number of anilines is 1. The molecule has 1 aromatic carbocycles. The maximum Gasteiger partial charge on any atom is 0.0539 e. The van der Waals surface area contributed by atoms with E-state index < -0.39 is 0 Å². The van der Waals surface area contributed by atoms with Gasteiger partial charge >= 0.3 is 0 Å². The number of benzene rings is 1. The average molecular weight is 294 g/mol. The Morgan fingerprint density at radius 3 is 2.71 bits per heavy atom. The number of nitrogens with zero attached hydrogens (tertiary/aromatic N) is 2. The van der Waals surface area contributed by atoms with Crippen LogP contribution in [0.5, 0.6) is 0 Å². The smallest absolute Gasteiger partial charge is 0.0539 e. The Morgan fingerprint density at radius 1 is 1.35 bits per heavy atom. The molecule has 2 aromatic rings. The summed E-state index contributed by atoms with van der Waals surface area (Å²) in [5.41, 5.74) is 4.85. The zero-order chi connectivity index (χ0) is 12.4. The predicted octanol–water partition coefficient (Wildman–Crippen LogP) is 3.41. The van der Waals surface area contributed by atoms with Gasteiger partial charge in [0.25, 0.3) is 0 Å². The first-order chi connectivity index (χ1) is 8.06. The van der Waals surface area contributed by atoms with Crippen molar-refractivity contribution in [2.24, 2.45) is 7.05 Å². The van der Waals surface area contributed by atoms with Gasteiger partial charge in [-0.2, -0.15) is 5.10 Å². The summed E-state index contributed by atoms with van der Waals surface area (Å²) >= 11 is 3.59. The zero-order valence-electron chi connectivity index (χ0n) is 10.3. The molecule has 0 unspecified atom stereocenters. The van der Waals surface area contributed by atoms with Gasteiger partial charge in [0.2, 0.25) is 0 Å². The molecule has 0 aliphatic heterocycles. The number of hydrogen-bond acceptors (Lipinski definition) is 2. The molecular formula is C13H16BrN3. The van der Waals surface area contributed by atoms with Crippen LogP contribution in [0.4, 0.5) is 5.69 Å². The van der Waals surface area contributed by atoms with E-state index in [0.29, 0.717) is 0 Å². The molecule has 3 nitrogen and oxygen atoms in total. The van der Waals surface area contributed by atoms with E-state index in [4.69, 9.17) is 0 Å². The fourth-order valence-corrected chi connectivity index (χ4v) is 2.71. The summed E-state index contributed by atoms with van der Waals surface area (Å²) in [6, 6.07) is 4.30. The van der Waals surface area contributed by atoms with E-state index in [0.717, 1.165) is 16.7 Å². The molecule has 1 aromatic heterocycles. The Kier molecular flexibility index (Phi) is 3.52. The molecule has 17 heavy (non-hydrogen) atoms. The summed E-state index contributed by atoms with van der Waals surface area (Å²) < 4.78 is 2.92. The van der Waals surface area contributed by atoms with E-state index in [1.54, 1.807) is 0 Å². The molecule has 4 heteroatoms. The van der Waals surface area contributed by atoms with Gasteiger partial charge in [-0.05, 0) is 47.0 Å². The third-order valence-electron chi connectivity index (χ3n) is 2.66. The molecule has 2 rings (SSSR count). The normalized spacial score (nSPS) is 10.6. The van der Waals surface area contributed by atoms with E-state index in [1.165, 1.54) is 16.7 Å². The summed E-state index contributed by atoms with van der Waals surface area (Å²) in [7, 11) is 1.93. The number of hydrogen-bond donors (Lipinski definition) is 1. The maximum absolute atomic E-state index is 4.15. The Balaban J connectivity index is 2.14. The summed E-state index contributed by atoms with van der Waals surface area (Å²) in [6.45, 7) is 5.00. The average Bonchev–Trinajstić information content (AvgIpc) is 2.62. The lowest BCUT2D eigenvalue weighted by atomic mass is 10.1. The second kappa shape index (κ2) is 4.92. The maximum atomic E-state index is 4.15. The minimum atomic E-state index is 0.788. The summed E-state index contributed by atoms with van der Waals surface area (Å²) in [4.78, 5) is 0. The van der Waals surface area contributed by atoms with Gasteiger partial charge in [-0.15, -0.1) is 0 Å². The third kappa shape index (κ3) is 2.88. The van der Waals surface area contributed by atoms with Crippen LogP contribution in [0, 0.1) is 13.8 Å². The molecule has 90 valence electrons. The molecular weight excluding hydrogens is 278 g/mol. The van der Waals surface area contributed by atoms with Gasteiger partial charge in [-0.3, -0.25) is 4.68 Å². The molecule has 0 fully saturated rings. The number of aryl methyl sites for hydroxylation is 3. The summed E-state index contributed by atoms with van der Waals surface area (Å²) in [5, 5.41) is 7.59. The fourth-order valence-electron chi connectivity index (χ4n) is 1.89. The molecule has 0 spiro atoms. The van der Waals surface area contributed by atoms with E-state index in [2.05, 4.69) is 52.3 Å². The van der Waals surface area contributed by atoms with Crippen LogP contribution in [-0.4, -0.2) is 9.78 Å². The van der Waals surface area contributed by atoms with Crippen molar-refractivity contribution in [3.8, 4) is 0 Å². The predicted molar refractivity (Wildman–Crippen MR) is 74.2 cm³/mol. The van der Waals surface area contributed by atoms with Gasteiger partial charge in [0, 0.05) is 29.8 Å². The van der Waals surface area contributed by atoms with Gasteiger partial charge in [-0.1, -0.05) is 6.07 Å². The Bertz CT molecular complexity index is 508. The van der Waals surface area contributed by atoms with Crippen LogP contribution in [0.25, 0.3) is 0 Å².